The molecule has 1 aliphatic heterocycles. The molecule has 0 radical (unpaired) electrons. The molecule has 2 fully saturated rings. The molecule has 0 aromatic carbocycles. The van der Waals surface area contributed by atoms with Gasteiger partial charge in [-0.25, -0.2) is 4.79 Å². The lowest BCUT2D eigenvalue weighted by molar-refractivity contribution is -0.260. The average molecular weight is 414 g/mol. The molecule has 1 unspecified atom stereocenters. The second-order valence-electron chi connectivity index (χ2n) is 10.2. The van der Waals surface area contributed by atoms with Crippen LogP contribution in [-0.4, -0.2) is 49.8 Å². The minimum absolute atomic E-state index is 0.0162. The summed E-state index contributed by atoms with van der Waals surface area (Å²) < 4.78 is 22.1. The van der Waals surface area contributed by atoms with E-state index >= 15 is 0 Å². The van der Waals surface area contributed by atoms with Crippen LogP contribution in [0.15, 0.2) is 0 Å². The number of methoxy groups -OCH3 is 1. The standard InChI is InChI=1S/C22H39NO6/c1-14(15-13-17(21(15,5)6)22(7)27-11-12-28-22)16(9-10-18(24)26-8)23-19(25)29-20(2,3)4/h14-17H,9-13H2,1-8H3,(H,23,25)/t14-,15+,16?,17+/m0/s1. The third-order valence-electron chi connectivity index (χ3n) is 6.70. The Labute approximate surface area is 175 Å². The Hall–Kier alpha value is -1.34. The van der Waals surface area contributed by atoms with E-state index in [1.54, 1.807) is 0 Å². The van der Waals surface area contributed by atoms with Crippen LogP contribution in [0.25, 0.3) is 0 Å². The highest BCUT2D eigenvalue weighted by molar-refractivity contribution is 5.70. The molecule has 1 amide bonds. The van der Waals surface area contributed by atoms with E-state index in [4.69, 9.17) is 18.9 Å². The molecule has 1 heterocycles. The number of ether oxygens (including phenoxy) is 4. The summed E-state index contributed by atoms with van der Waals surface area (Å²) in [7, 11) is 1.38. The quantitative estimate of drug-likeness (QED) is 0.638. The van der Waals surface area contributed by atoms with Gasteiger partial charge in [-0.15, -0.1) is 0 Å². The van der Waals surface area contributed by atoms with Crippen LogP contribution in [0.2, 0.25) is 0 Å². The third kappa shape index (κ3) is 5.63. The molecule has 168 valence electrons. The molecule has 0 aromatic heterocycles. The Kier molecular flexibility index (Phi) is 7.26. The van der Waals surface area contributed by atoms with Gasteiger partial charge in [0.1, 0.15) is 5.60 Å². The number of esters is 1. The predicted octanol–water partition coefficient (Wildman–Crippen LogP) is 3.89. The van der Waals surface area contributed by atoms with Crippen molar-refractivity contribution in [1.29, 1.82) is 0 Å². The molecule has 1 saturated carbocycles. The lowest BCUT2D eigenvalue weighted by Crippen LogP contribution is -2.60. The van der Waals surface area contributed by atoms with E-state index in [2.05, 4.69) is 26.1 Å². The Morgan fingerprint density at radius 2 is 1.76 bits per heavy atom. The summed E-state index contributed by atoms with van der Waals surface area (Å²) in [6, 6.07) is -0.188. The fourth-order valence-corrected chi connectivity index (χ4v) is 5.05. The molecular weight excluding hydrogens is 374 g/mol. The van der Waals surface area contributed by atoms with Crippen LogP contribution in [0.5, 0.6) is 0 Å². The molecule has 1 aliphatic carbocycles. The molecule has 29 heavy (non-hydrogen) atoms. The van der Waals surface area contributed by atoms with Gasteiger partial charge in [0.25, 0.3) is 0 Å². The summed E-state index contributed by atoms with van der Waals surface area (Å²) in [4.78, 5) is 24.1. The number of hydrogen-bond donors (Lipinski definition) is 1. The summed E-state index contributed by atoms with van der Waals surface area (Å²) in [5, 5.41) is 3.00. The molecule has 2 aliphatic rings. The number of amides is 1. The monoisotopic (exact) mass is 413 g/mol. The molecular formula is C22H39NO6. The maximum Gasteiger partial charge on any atom is 0.407 e. The highest BCUT2D eigenvalue weighted by Gasteiger charge is 2.60. The van der Waals surface area contributed by atoms with Gasteiger partial charge in [-0.1, -0.05) is 20.8 Å². The van der Waals surface area contributed by atoms with Crippen molar-refractivity contribution >= 4 is 12.1 Å². The van der Waals surface area contributed by atoms with Crippen molar-refractivity contribution in [3.05, 3.63) is 0 Å². The fraction of sp³-hybridized carbons (Fsp3) is 0.909. The average Bonchev–Trinajstić information content (AvgIpc) is 3.02. The minimum Gasteiger partial charge on any atom is -0.469 e. The van der Waals surface area contributed by atoms with Gasteiger partial charge in [0, 0.05) is 18.4 Å². The zero-order chi connectivity index (χ0) is 22.0. The van der Waals surface area contributed by atoms with Gasteiger partial charge in [0.2, 0.25) is 0 Å². The van der Waals surface area contributed by atoms with Crippen molar-refractivity contribution < 1.29 is 28.5 Å². The zero-order valence-electron chi connectivity index (χ0n) is 19.3. The van der Waals surface area contributed by atoms with E-state index in [-0.39, 0.29) is 35.7 Å². The fourth-order valence-electron chi connectivity index (χ4n) is 5.05. The van der Waals surface area contributed by atoms with E-state index in [1.807, 2.05) is 27.7 Å². The van der Waals surface area contributed by atoms with Gasteiger partial charge >= 0.3 is 12.1 Å². The highest BCUT2D eigenvalue weighted by atomic mass is 16.7. The SMILES string of the molecule is COC(=O)CCC(NC(=O)OC(C)(C)C)[C@@H](C)[C@H]1C[C@@H](C2(C)OCCO2)C1(C)C. The number of carbonyl (C=O) groups is 2. The number of carbonyl (C=O) groups excluding carboxylic acids is 2. The third-order valence-corrected chi connectivity index (χ3v) is 6.70. The molecule has 0 spiro atoms. The topological polar surface area (TPSA) is 83.1 Å². The van der Waals surface area contributed by atoms with Gasteiger partial charge in [-0.3, -0.25) is 4.79 Å². The van der Waals surface area contributed by atoms with Crippen LogP contribution in [0, 0.1) is 23.2 Å². The van der Waals surface area contributed by atoms with Crippen molar-refractivity contribution in [3.8, 4) is 0 Å². The molecule has 7 nitrogen and oxygen atoms in total. The lowest BCUT2D eigenvalue weighted by Gasteiger charge is -2.59. The molecule has 0 aromatic rings. The molecule has 1 saturated heterocycles. The van der Waals surface area contributed by atoms with Crippen molar-refractivity contribution in [2.45, 2.75) is 85.2 Å². The van der Waals surface area contributed by atoms with Crippen LogP contribution in [0.4, 0.5) is 4.79 Å². The number of rotatable bonds is 7. The molecule has 2 rings (SSSR count). The number of alkyl carbamates (subject to hydrolysis) is 1. The Morgan fingerprint density at radius 1 is 1.17 bits per heavy atom. The number of nitrogens with one attached hydrogen (secondary N) is 1. The summed E-state index contributed by atoms with van der Waals surface area (Å²) in [5.41, 5.74) is -0.593. The van der Waals surface area contributed by atoms with Gasteiger partial charge < -0.3 is 24.3 Å². The van der Waals surface area contributed by atoms with E-state index < -0.39 is 17.5 Å². The maximum absolute atomic E-state index is 12.4. The minimum atomic E-state index is -0.577. The Bertz CT molecular complexity index is 591. The second-order valence-corrected chi connectivity index (χ2v) is 10.2. The first-order valence-corrected chi connectivity index (χ1v) is 10.6. The normalized spacial score (nSPS) is 27.4. The van der Waals surface area contributed by atoms with Crippen molar-refractivity contribution in [2.75, 3.05) is 20.3 Å². The van der Waals surface area contributed by atoms with E-state index in [0.717, 1.165) is 6.42 Å². The highest BCUT2D eigenvalue weighted by Crippen LogP contribution is 2.60. The van der Waals surface area contributed by atoms with Crippen LogP contribution >= 0.6 is 0 Å². The van der Waals surface area contributed by atoms with E-state index in [9.17, 15) is 9.59 Å². The summed E-state index contributed by atoms with van der Waals surface area (Å²) in [6.07, 6.45) is 1.26. The van der Waals surface area contributed by atoms with Crippen molar-refractivity contribution in [2.24, 2.45) is 23.2 Å². The Morgan fingerprint density at radius 3 is 2.24 bits per heavy atom. The largest absolute Gasteiger partial charge is 0.469 e. The predicted molar refractivity (Wildman–Crippen MR) is 109 cm³/mol. The molecule has 1 N–H and O–H groups in total. The molecule has 0 bridgehead atoms. The van der Waals surface area contributed by atoms with Gasteiger partial charge in [0.15, 0.2) is 5.79 Å². The van der Waals surface area contributed by atoms with Crippen LogP contribution in [0.1, 0.15) is 67.7 Å². The first-order chi connectivity index (χ1) is 13.3. The van der Waals surface area contributed by atoms with Crippen LogP contribution in [0.3, 0.4) is 0 Å². The van der Waals surface area contributed by atoms with Gasteiger partial charge in [-0.05, 0) is 57.8 Å². The van der Waals surface area contributed by atoms with Crippen molar-refractivity contribution in [1.82, 2.24) is 5.32 Å². The molecule has 4 atom stereocenters. The summed E-state index contributed by atoms with van der Waals surface area (Å²) in [5.74, 6) is -0.0233. The van der Waals surface area contributed by atoms with Gasteiger partial charge in [0.05, 0.1) is 20.3 Å². The maximum atomic E-state index is 12.4. The van der Waals surface area contributed by atoms with E-state index in [1.165, 1.54) is 7.11 Å². The zero-order valence-corrected chi connectivity index (χ0v) is 19.3. The van der Waals surface area contributed by atoms with E-state index in [0.29, 0.717) is 25.6 Å². The van der Waals surface area contributed by atoms with Crippen LogP contribution in [-0.2, 0) is 23.7 Å². The smallest absolute Gasteiger partial charge is 0.407 e. The second kappa shape index (κ2) is 8.80. The summed E-state index contributed by atoms with van der Waals surface area (Å²) in [6.45, 7) is 15.4. The molecule has 7 heteroatoms. The Balaban J connectivity index is 2.08. The van der Waals surface area contributed by atoms with Crippen LogP contribution < -0.4 is 5.32 Å². The van der Waals surface area contributed by atoms with Crippen molar-refractivity contribution in [3.63, 3.8) is 0 Å². The number of hydrogen-bond acceptors (Lipinski definition) is 6. The van der Waals surface area contributed by atoms with Gasteiger partial charge in [-0.2, -0.15) is 0 Å². The summed E-state index contributed by atoms with van der Waals surface area (Å²) >= 11 is 0. The first kappa shape index (κ1) is 23.9. The first-order valence-electron chi connectivity index (χ1n) is 10.6. The lowest BCUT2D eigenvalue weighted by atomic mass is 9.48.